The van der Waals surface area contributed by atoms with E-state index in [0.717, 1.165) is 89.9 Å². The van der Waals surface area contributed by atoms with Crippen molar-refractivity contribution < 1.29 is 32.4 Å². The topological polar surface area (TPSA) is 174 Å². The summed E-state index contributed by atoms with van der Waals surface area (Å²) in [5, 5.41) is 8.73. The number of carbonyl (C=O) groups excluding carboxylic acids is 5. The van der Waals surface area contributed by atoms with E-state index in [1.165, 1.54) is 0 Å². The lowest BCUT2D eigenvalue weighted by molar-refractivity contribution is -0.145. The molecule has 2 spiro atoms. The van der Waals surface area contributed by atoms with Gasteiger partial charge in [0.1, 0.15) is 23.7 Å². The van der Waals surface area contributed by atoms with Crippen molar-refractivity contribution in [1.29, 1.82) is 0 Å². The number of likely N-dealkylation sites (tertiary alicyclic amines) is 1. The normalized spacial score (nSPS) is 33.4. The highest BCUT2D eigenvalue weighted by molar-refractivity contribution is 7.90. The van der Waals surface area contributed by atoms with Crippen LogP contribution in [0.4, 0.5) is 0 Å². The van der Waals surface area contributed by atoms with Crippen molar-refractivity contribution in [3.63, 3.8) is 0 Å². The average molecular weight is 855 g/mol. The number of fused-ring (bicyclic) bond motifs is 1. The predicted molar refractivity (Wildman–Crippen MR) is 230 cm³/mol. The molecule has 1 saturated heterocycles. The van der Waals surface area contributed by atoms with Crippen molar-refractivity contribution >= 4 is 39.6 Å². The fourth-order valence-corrected chi connectivity index (χ4v) is 14.7. The number of carbonyl (C=O) groups is 5. The number of nitrogens with one attached hydrogen (secondary N) is 4. The van der Waals surface area contributed by atoms with E-state index >= 15 is 4.79 Å². The molecule has 0 aromatic rings. The molecule has 13 nitrogen and oxygen atoms in total. The molecular weight excluding hydrogens is 781 g/mol. The van der Waals surface area contributed by atoms with E-state index in [0.29, 0.717) is 25.8 Å². The van der Waals surface area contributed by atoms with Crippen molar-refractivity contribution in [2.24, 2.45) is 39.4 Å². The maximum absolute atomic E-state index is 15.3. The van der Waals surface area contributed by atoms with Crippen LogP contribution < -0.4 is 20.7 Å². The molecule has 7 aliphatic rings. The lowest BCUT2D eigenvalue weighted by atomic mass is 9.73. The molecule has 6 aliphatic carbocycles. The van der Waals surface area contributed by atoms with Crippen molar-refractivity contribution in [1.82, 2.24) is 30.5 Å². The Morgan fingerprint density at radius 1 is 0.800 bits per heavy atom. The fourth-order valence-electron chi connectivity index (χ4n) is 13.1. The van der Waals surface area contributed by atoms with Gasteiger partial charge in [-0.3, -0.25) is 28.7 Å². The maximum Gasteiger partial charge on any atom is 0.259 e. The highest BCUT2D eigenvalue weighted by atomic mass is 32.2. The second-order valence-corrected chi connectivity index (χ2v) is 23.8. The third kappa shape index (κ3) is 7.63. The summed E-state index contributed by atoms with van der Waals surface area (Å²) in [6.45, 7) is 14.4. The van der Waals surface area contributed by atoms with E-state index < -0.39 is 62.1 Å². The van der Waals surface area contributed by atoms with E-state index in [4.69, 9.17) is 0 Å². The first-order valence-corrected chi connectivity index (χ1v) is 24.8. The van der Waals surface area contributed by atoms with Crippen LogP contribution in [0.3, 0.4) is 0 Å². The number of hydrogen-bond acceptors (Lipinski definition) is 8. The SMILES string of the molecule is C=C[C@@H]1C[C@]1(NC(=O)[C@@H]1C[C@@]2(CN1C(=O)[C@@H](NC(=O)[C@@H](NC(=O)[C@@H]1CCCCC1N(C)C)C1CCCCC1)C(C)(C)C)C(C)(C)C21CCC1)C(=O)NS(=O)(=O)C1CCCC1. The van der Waals surface area contributed by atoms with Gasteiger partial charge in [-0.05, 0) is 100 Å². The zero-order valence-corrected chi connectivity index (χ0v) is 38.3. The van der Waals surface area contributed by atoms with Gasteiger partial charge in [0.15, 0.2) is 0 Å². The summed E-state index contributed by atoms with van der Waals surface area (Å²) in [7, 11) is 0.0687. The lowest BCUT2D eigenvalue weighted by Gasteiger charge is -2.39. The van der Waals surface area contributed by atoms with E-state index in [-0.39, 0.29) is 58.3 Å². The Hall–Kier alpha value is -3.00. The van der Waals surface area contributed by atoms with Gasteiger partial charge < -0.3 is 25.8 Å². The van der Waals surface area contributed by atoms with Gasteiger partial charge in [0, 0.05) is 23.9 Å². The van der Waals surface area contributed by atoms with Gasteiger partial charge in [-0.15, -0.1) is 6.58 Å². The van der Waals surface area contributed by atoms with Crippen molar-refractivity contribution in [2.75, 3.05) is 20.6 Å². The van der Waals surface area contributed by atoms with Gasteiger partial charge >= 0.3 is 0 Å². The predicted octanol–water partition coefficient (Wildman–Crippen LogP) is 4.95. The first kappa shape index (κ1) is 45.0. The molecule has 7 fully saturated rings. The molecule has 0 aromatic heterocycles. The molecule has 60 heavy (non-hydrogen) atoms. The molecule has 1 unspecified atom stereocenters. The summed E-state index contributed by atoms with van der Waals surface area (Å²) < 4.78 is 28.9. The van der Waals surface area contributed by atoms with Crippen LogP contribution >= 0.6 is 0 Å². The minimum atomic E-state index is -3.94. The molecule has 0 radical (unpaired) electrons. The van der Waals surface area contributed by atoms with E-state index in [1.807, 2.05) is 34.9 Å². The molecule has 1 heterocycles. The van der Waals surface area contributed by atoms with Gasteiger partial charge in [0.25, 0.3) is 5.91 Å². The number of amides is 5. The summed E-state index contributed by atoms with van der Waals surface area (Å²) in [5.41, 5.74) is -2.74. The molecule has 0 aromatic carbocycles. The fraction of sp³-hybridized carbons (Fsp3) is 0.848. The highest BCUT2D eigenvalue weighted by Crippen LogP contribution is 2.88. The molecule has 1 aliphatic heterocycles. The van der Waals surface area contributed by atoms with Gasteiger partial charge in [0.05, 0.1) is 11.2 Å². The minimum absolute atomic E-state index is 0.0123. The van der Waals surface area contributed by atoms with Crippen LogP contribution in [0.2, 0.25) is 0 Å². The van der Waals surface area contributed by atoms with Crippen molar-refractivity contribution in [2.45, 2.75) is 185 Å². The Morgan fingerprint density at radius 2 is 1.42 bits per heavy atom. The molecule has 5 amide bonds. The van der Waals surface area contributed by atoms with Crippen LogP contribution in [-0.2, 0) is 34.0 Å². The van der Waals surface area contributed by atoms with E-state index in [9.17, 15) is 27.6 Å². The number of rotatable bonds is 13. The van der Waals surface area contributed by atoms with Crippen LogP contribution in [0.5, 0.6) is 0 Å². The van der Waals surface area contributed by atoms with E-state index in [2.05, 4.69) is 46.0 Å². The third-order valence-corrected chi connectivity index (χ3v) is 19.1. The van der Waals surface area contributed by atoms with Crippen LogP contribution in [0.1, 0.15) is 150 Å². The quantitative estimate of drug-likeness (QED) is 0.189. The number of hydrogen-bond donors (Lipinski definition) is 4. The van der Waals surface area contributed by atoms with E-state index in [1.54, 1.807) is 11.0 Å². The first-order chi connectivity index (χ1) is 28.2. The van der Waals surface area contributed by atoms with Crippen LogP contribution in [-0.4, -0.2) is 103 Å². The number of sulfonamides is 1. The second-order valence-electron chi connectivity index (χ2n) is 21.8. The third-order valence-electron chi connectivity index (χ3n) is 17.3. The average Bonchev–Trinajstić information content (AvgIpc) is 3.63. The Balaban J connectivity index is 1.15. The van der Waals surface area contributed by atoms with Crippen LogP contribution in [0.25, 0.3) is 0 Å². The molecular formula is C46H74N6O7S. The summed E-state index contributed by atoms with van der Waals surface area (Å²) in [4.78, 5) is 76.6. The van der Waals surface area contributed by atoms with Gasteiger partial charge in [-0.1, -0.05) is 92.1 Å². The Kier molecular flexibility index (Phi) is 12.2. The molecule has 14 heteroatoms. The Morgan fingerprint density at radius 3 is 1.97 bits per heavy atom. The maximum atomic E-state index is 15.3. The zero-order valence-electron chi connectivity index (χ0n) is 37.5. The monoisotopic (exact) mass is 855 g/mol. The molecule has 0 bridgehead atoms. The molecule has 336 valence electrons. The van der Waals surface area contributed by atoms with Crippen LogP contribution in [0.15, 0.2) is 12.7 Å². The molecule has 8 atom stereocenters. The zero-order chi connectivity index (χ0) is 43.6. The number of nitrogens with zero attached hydrogens (tertiary/aromatic N) is 2. The molecule has 7 rings (SSSR count). The summed E-state index contributed by atoms with van der Waals surface area (Å²) in [5.74, 6) is -2.86. The summed E-state index contributed by atoms with van der Waals surface area (Å²) in [6.07, 6.45) is 16.2. The minimum Gasteiger partial charge on any atom is -0.344 e. The smallest absolute Gasteiger partial charge is 0.259 e. The van der Waals surface area contributed by atoms with Gasteiger partial charge in [0.2, 0.25) is 33.7 Å². The van der Waals surface area contributed by atoms with Gasteiger partial charge in [-0.25, -0.2) is 8.42 Å². The molecule has 6 saturated carbocycles. The van der Waals surface area contributed by atoms with Crippen LogP contribution in [0, 0.1) is 39.4 Å². The molecule has 4 N–H and O–H groups in total. The summed E-state index contributed by atoms with van der Waals surface area (Å²) >= 11 is 0. The first-order valence-electron chi connectivity index (χ1n) is 23.2. The van der Waals surface area contributed by atoms with Crippen molar-refractivity contribution in [3.8, 4) is 0 Å². The Bertz CT molecular complexity index is 1830. The Labute approximate surface area is 359 Å². The second kappa shape index (κ2) is 16.3. The summed E-state index contributed by atoms with van der Waals surface area (Å²) in [6, 6.07) is -2.66. The largest absolute Gasteiger partial charge is 0.344 e. The lowest BCUT2D eigenvalue weighted by Crippen LogP contribution is -2.63. The highest BCUT2D eigenvalue weighted by Gasteiger charge is 2.85. The van der Waals surface area contributed by atoms with Crippen molar-refractivity contribution in [3.05, 3.63) is 12.7 Å². The standard InChI is InChI=1S/C46H74N6O7S/c1-9-30-26-46(30,41(57)50-60(58,59)31-20-13-14-21-31)49-38(54)34-27-45(43(5,6)44(45)24-17-25-44)28-52(34)40(56)36(42(2,3)4)48-39(55)35(29-18-11-10-12-19-29)47-37(53)32-22-15-16-23-33(32)51(7)8/h9,29-36H,1,10-28H2,2-8H3,(H,47,53)(H,48,55)(H,49,54)(H,50,57)/t30-,32-,33?,34+,35+,36-,45-,46-/m1/s1. The van der Waals surface area contributed by atoms with Gasteiger partial charge in [-0.2, -0.15) is 0 Å².